The van der Waals surface area contributed by atoms with Crippen molar-refractivity contribution in [3.8, 4) is 0 Å². The van der Waals surface area contributed by atoms with Crippen LogP contribution in [0.2, 0.25) is 0 Å². The van der Waals surface area contributed by atoms with E-state index in [4.69, 9.17) is 0 Å². The monoisotopic (exact) mass is 256 g/mol. The molecule has 0 spiro atoms. The minimum atomic E-state index is -0.326. The molecule has 1 heterocycles. The number of carbonyl (C=O) groups is 2. The van der Waals surface area contributed by atoms with Gasteiger partial charge in [0.1, 0.15) is 0 Å². The zero-order valence-corrected chi connectivity index (χ0v) is 10.7. The number of methoxy groups -OCH3 is 1. The number of urea groups is 1. The Bertz CT molecular complexity index is 365. The van der Waals surface area contributed by atoms with Crippen molar-refractivity contribution in [2.45, 2.75) is 25.8 Å². The number of rotatable bonds is 5. The van der Waals surface area contributed by atoms with Gasteiger partial charge in [-0.25, -0.2) is 4.79 Å². The number of hydrogen-bond acceptors (Lipinski definition) is 4. The van der Waals surface area contributed by atoms with Gasteiger partial charge in [0.05, 0.1) is 18.5 Å². The molecule has 1 aromatic rings. The van der Waals surface area contributed by atoms with E-state index in [2.05, 4.69) is 15.4 Å². The highest BCUT2D eigenvalue weighted by molar-refractivity contribution is 7.14. The van der Waals surface area contributed by atoms with Crippen LogP contribution < -0.4 is 10.6 Å². The first-order valence-electron chi connectivity index (χ1n) is 5.33. The van der Waals surface area contributed by atoms with Gasteiger partial charge in [-0.1, -0.05) is 6.92 Å². The Kier molecular flexibility index (Phi) is 5.48. The van der Waals surface area contributed by atoms with Gasteiger partial charge < -0.3 is 10.1 Å². The predicted octanol–water partition coefficient (Wildman–Crippen LogP) is 2.21. The lowest BCUT2D eigenvalue weighted by molar-refractivity contribution is -0.141. The zero-order chi connectivity index (χ0) is 12.7. The smallest absolute Gasteiger partial charge is 0.320 e. The Labute approximate surface area is 104 Å². The van der Waals surface area contributed by atoms with E-state index in [1.807, 2.05) is 24.4 Å². The van der Waals surface area contributed by atoms with Crippen molar-refractivity contribution >= 4 is 28.3 Å². The highest BCUT2D eigenvalue weighted by atomic mass is 32.1. The van der Waals surface area contributed by atoms with E-state index in [1.165, 1.54) is 18.4 Å². The van der Waals surface area contributed by atoms with Gasteiger partial charge in [-0.05, 0) is 23.9 Å². The molecule has 0 saturated carbocycles. The zero-order valence-electron chi connectivity index (χ0n) is 9.86. The maximum Gasteiger partial charge on any atom is 0.320 e. The third-order valence-corrected chi connectivity index (χ3v) is 3.01. The van der Waals surface area contributed by atoms with Crippen LogP contribution in [0.4, 0.5) is 9.80 Å². The molecule has 0 aromatic carbocycles. The average molecular weight is 256 g/mol. The number of amides is 2. The molecule has 1 atom stereocenters. The normalized spacial score (nSPS) is 11.6. The SMILES string of the molecule is CCC(CC(=O)OC)NC(=O)Nc1cccs1. The van der Waals surface area contributed by atoms with Crippen LogP contribution in [0, 0.1) is 0 Å². The molecule has 2 amide bonds. The van der Waals surface area contributed by atoms with Crippen molar-refractivity contribution in [1.29, 1.82) is 0 Å². The topological polar surface area (TPSA) is 67.4 Å². The number of nitrogens with one attached hydrogen (secondary N) is 2. The number of carbonyl (C=O) groups excluding carboxylic acids is 2. The number of ether oxygens (including phenoxy) is 1. The fourth-order valence-corrected chi connectivity index (χ4v) is 1.88. The van der Waals surface area contributed by atoms with Gasteiger partial charge in [0.2, 0.25) is 0 Å². The highest BCUT2D eigenvalue weighted by Gasteiger charge is 2.15. The van der Waals surface area contributed by atoms with E-state index < -0.39 is 0 Å². The summed E-state index contributed by atoms with van der Waals surface area (Å²) in [7, 11) is 1.33. The van der Waals surface area contributed by atoms with E-state index in [1.54, 1.807) is 0 Å². The summed E-state index contributed by atoms with van der Waals surface area (Å²) in [6.45, 7) is 1.90. The summed E-state index contributed by atoms with van der Waals surface area (Å²) in [6.07, 6.45) is 0.859. The second-order valence-electron chi connectivity index (χ2n) is 3.46. The maximum absolute atomic E-state index is 11.6. The Morgan fingerprint density at radius 3 is 2.82 bits per heavy atom. The Morgan fingerprint density at radius 2 is 2.29 bits per heavy atom. The molecule has 0 aliphatic heterocycles. The number of hydrogen-bond donors (Lipinski definition) is 2. The van der Waals surface area contributed by atoms with E-state index in [9.17, 15) is 9.59 Å². The summed E-state index contributed by atoms with van der Waals surface area (Å²) in [4.78, 5) is 22.7. The maximum atomic E-state index is 11.6. The van der Waals surface area contributed by atoms with Gasteiger partial charge in [-0.15, -0.1) is 11.3 Å². The van der Waals surface area contributed by atoms with E-state index in [0.717, 1.165) is 5.00 Å². The van der Waals surface area contributed by atoms with Crippen LogP contribution in [0.3, 0.4) is 0 Å². The van der Waals surface area contributed by atoms with Crippen molar-refractivity contribution in [2.24, 2.45) is 0 Å². The van der Waals surface area contributed by atoms with Gasteiger partial charge in [0.15, 0.2) is 0 Å². The molecule has 0 aliphatic rings. The molecule has 0 bridgehead atoms. The van der Waals surface area contributed by atoms with Gasteiger partial charge in [0.25, 0.3) is 0 Å². The van der Waals surface area contributed by atoms with Gasteiger partial charge in [0, 0.05) is 6.04 Å². The fourth-order valence-electron chi connectivity index (χ4n) is 1.27. The molecule has 0 aliphatic carbocycles. The molecule has 2 N–H and O–H groups in total. The van der Waals surface area contributed by atoms with Crippen LogP contribution in [-0.4, -0.2) is 25.2 Å². The van der Waals surface area contributed by atoms with Crippen LogP contribution in [-0.2, 0) is 9.53 Å². The molecule has 0 saturated heterocycles. The van der Waals surface area contributed by atoms with Crippen molar-refractivity contribution in [3.63, 3.8) is 0 Å². The Morgan fingerprint density at radius 1 is 1.53 bits per heavy atom. The molecule has 94 valence electrons. The summed E-state index contributed by atoms with van der Waals surface area (Å²) in [5.41, 5.74) is 0. The van der Waals surface area contributed by atoms with E-state index in [-0.39, 0.29) is 24.5 Å². The lowest BCUT2D eigenvalue weighted by Gasteiger charge is -2.15. The van der Waals surface area contributed by atoms with Gasteiger partial charge in [-0.3, -0.25) is 10.1 Å². The summed E-state index contributed by atoms with van der Waals surface area (Å²) >= 11 is 1.44. The highest BCUT2D eigenvalue weighted by Crippen LogP contribution is 2.14. The molecular formula is C11H16N2O3S. The molecule has 6 heteroatoms. The average Bonchev–Trinajstić information content (AvgIpc) is 2.80. The van der Waals surface area contributed by atoms with Gasteiger partial charge in [-0.2, -0.15) is 0 Å². The molecule has 1 aromatic heterocycles. The summed E-state index contributed by atoms with van der Waals surface area (Å²) in [5, 5.41) is 8.07. The fraction of sp³-hybridized carbons (Fsp3) is 0.455. The third kappa shape index (κ3) is 4.86. The second-order valence-corrected chi connectivity index (χ2v) is 4.41. The number of anilines is 1. The largest absolute Gasteiger partial charge is 0.469 e. The lowest BCUT2D eigenvalue weighted by Crippen LogP contribution is -2.38. The van der Waals surface area contributed by atoms with Crippen molar-refractivity contribution in [2.75, 3.05) is 12.4 Å². The summed E-state index contributed by atoms with van der Waals surface area (Å²) in [6, 6.07) is 3.16. The van der Waals surface area contributed by atoms with Crippen molar-refractivity contribution in [1.82, 2.24) is 5.32 Å². The molecule has 0 fully saturated rings. The Balaban J connectivity index is 2.39. The quantitative estimate of drug-likeness (QED) is 0.794. The van der Waals surface area contributed by atoms with Crippen LogP contribution in [0.15, 0.2) is 17.5 Å². The predicted molar refractivity (Wildman–Crippen MR) is 67.2 cm³/mol. The lowest BCUT2D eigenvalue weighted by atomic mass is 10.1. The van der Waals surface area contributed by atoms with Crippen LogP contribution in [0.1, 0.15) is 19.8 Å². The summed E-state index contributed by atoms with van der Waals surface area (Å²) < 4.78 is 4.56. The summed E-state index contributed by atoms with van der Waals surface area (Å²) in [5.74, 6) is -0.326. The standard InChI is InChI=1S/C11H16N2O3S/c1-3-8(7-10(14)16-2)12-11(15)13-9-5-4-6-17-9/h4-6,8H,3,7H2,1-2H3,(H2,12,13,15). The first-order chi connectivity index (χ1) is 8.15. The molecule has 1 rings (SSSR count). The van der Waals surface area contributed by atoms with E-state index >= 15 is 0 Å². The molecule has 17 heavy (non-hydrogen) atoms. The molecular weight excluding hydrogens is 240 g/mol. The molecule has 0 radical (unpaired) electrons. The van der Waals surface area contributed by atoms with E-state index in [0.29, 0.717) is 6.42 Å². The second kappa shape index (κ2) is 6.90. The first kappa shape index (κ1) is 13.5. The Hall–Kier alpha value is -1.56. The number of thiophene rings is 1. The molecule has 5 nitrogen and oxygen atoms in total. The minimum absolute atomic E-state index is 0.185. The third-order valence-electron chi connectivity index (χ3n) is 2.23. The van der Waals surface area contributed by atoms with Crippen LogP contribution in [0.5, 0.6) is 0 Å². The molecule has 1 unspecified atom stereocenters. The van der Waals surface area contributed by atoms with Crippen molar-refractivity contribution < 1.29 is 14.3 Å². The van der Waals surface area contributed by atoms with Gasteiger partial charge >= 0.3 is 12.0 Å². The minimum Gasteiger partial charge on any atom is -0.469 e. The van der Waals surface area contributed by atoms with Crippen LogP contribution in [0.25, 0.3) is 0 Å². The number of esters is 1. The van der Waals surface area contributed by atoms with Crippen LogP contribution >= 0.6 is 11.3 Å². The van der Waals surface area contributed by atoms with Crippen molar-refractivity contribution in [3.05, 3.63) is 17.5 Å². The first-order valence-corrected chi connectivity index (χ1v) is 6.21.